The van der Waals surface area contributed by atoms with E-state index in [4.69, 9.17) is 67.3 Å². The van der Waals surface area contributed by atoms with Crippen molar-refractivity contribution < 1.29 is 57.5 Å². The second-order valence-corrected chi connectivity index (χ2v) is 16.9. The maximum atomic E-state index is 13.2. The van der Waals surface area contributed by atoms with E-state index in [1.54, 1.807) is 12.1 Å². The Morgan fingerprint density at radius 1 is 0.923 bits per heavy atom. The average Bonchev–Trinajstić information content (AvgIpc) is 3.72. The van der Waals surface area contributed by atoms with Crippen LogP contribution in [0.1, 0.15) is 64.7 Å². The lowest BCUT2D eigenvalue weighted by Gasteiger charge is -2.42. The van der Waals surface area contributed by atoms with Gasteiger partial charge in [0.25, 0.3) is 17.7 Å². The van der Waals surface area contributed by atoms with Crippen LogP contribution in [0, 0.1) is 12.3 Å². The van der Waals surface area contributed by atoms with Crippen LogP contribution in [0.4, 0.5) is 5.82 Å². The number of carbonyl (C=O) groups excluding carboxylic acids is 5. The van der Waals surface area contributed by atoms with Gasteiger partial charge < -0.3 is 49.5 Å². The van der Waals surface area contributed by atoms with Gasteiger partial charge in [0.2, 0.25) is 11.8 Å². The smallest absolute Gasteiger partial charge is 0.266 e. The zero-order valence-corrected chi connectivity index (χ0v) is 37.7. The quantitative estimate of drug-likeness (QED) is 0.0940. The van der Waals surface area contributed by atoms with E-state index in [0.29, 0.717) is 60.6 Å². The number of hydrogen-bond donors (Lipinski definition) is 4. The van der Waals surface area contributed by atoms with Gasteiger partial charge in [-0.25, -0.2) is 9.97 Å². The third-order valence-corrected chi connectivity index (χ3v) is 12.9. The van der Waals surface area contributed by atoms with E-state index in [-0.39, 0.29) is 96.9 Å². The Morgan fingerprint density at radius 3 is 2.31 bits per heavy atom. The molecule has 0 radical (unpaired) electrons. The molecule has 4 aliphatic rings. The van der Waals surface area contributed by atoms with E-state index in [1.807, 2.05) is 13.8 Å². The summed E-state index contributed by atoms with van der Waals surface area (Å²) in [5.41, 5.74) is 8.66. The predicted molar refractivity (Wildman–Crippen MR) is 235 cm³/mol. The molecule has 5 heterocycles. The molecule has 3 aromatic rings. The van der Waals surface area contributed by atoms with Crippen LogP contribution < -0.4 is 30.7 Å². The van der Waals surface area contributed by atoms with Crippen molar-refractivity contribution in [2.75, 3.05) is 84.0 Å². The number of halogens is 2. The maximum absolute atomic E-state index is 13.2. The number of aliphatic hydroxyl groups is 1. The number of hydrogen-bond acceptors (Lipinski definition) is 16. The van der Waals surface area contributed by atoms with Gasteiger partial charge in [0, 0.05) is 43.1 Å². The first-order valence-electron chi connectivity index (χ1n) is 21.5. The molecule has 1 aromatic heterocycles. The fourth-order valence-electron chi connectivity index (χ4n) is 8.43. The fraction of sp³-hybridized carbons (Fsp3) is 0.523. The highest BCUT2D eigenvalue weighted by molar-refractivity contribution is 6.44. The number of fused-ring (bicyclic) bond motifs is 1. The molecule has 3 atom stereocenters. The van der Waals surface area contributed by atoms with Gasteiger partial charge in [-0.05, 0) is 57.4 Å². The van der Waals surface area contributed by atoms with E-state index in [1.165, 1.54) is 18.2 Å². The van der Waals surface area contributed by atoms with E-state index < -0.39 is 42.2 Å². The number of imide groups is 2. The number of benzene rings is 2. The highest BCUT2D eigenvalue weighted by atomic mass is 35.5. The van der Waals surface area contributed by atoms with Gasteiger partial charge in [-0.1, -0.05) is 29.3 Å². The molecule has 3 saturated heterocycles. The summed E-state index contributed by atoms with van der Waals surface area (Å²) >= 11 is 13.4. The van der Waals surface area contributed by atoms with Crippen LogP contribution in [0.5, 0.6) is 11.5 Å². The summed E-state index contributed by atoms with van der Waals surface area (Å²) in [5, 5.41) is 15.6. The van der Waals surface area contributed by atoms with Crippen LogP contribution in [0.2, 0.25) is 10.0 Å². The number of ether oxygens (including phenoxy) is 6. The number of anilines is 1. The maximum Gasteiger partial charge on any atom is 0.266 e. The van der Waals surface area contributed by atoms with Crippen molar-refractivity contribution in [2.45, 2.75) is 64.3 Å². The van der Waals surface area contributed by atoms with Gasteiger partial charge in [0.1, 0.15) is 34.9 Å². The van der Waals surface area contributed by atoms with Gasteiger partial charge >= 0.3 is 0 Å². The van der Waals surface area contributed by atoms with Crippen LogP contribution in [-0.4, -0.2) is 147 Å². The number of rotatable bonds is 20. The molecule has 65 heavy (non-hydrogen) atoms. The van der Waals surface area contributed by atoms with Crippen molar-refractivity contribution in [1.82, 2.24) is 25.5 Å². The molecule has 0 saturated carbocycles. The number of piperidine rings is 2. The minimum absolute atomic E-state index is 0.000191. The molecule has 350 valence electrons. The minimum atomic E-state index is -1.11. The molecule has 0 bridgehead atoms. The highest BCUT2D eigenvalue weighted by Gasteiger charge is 2.48. The number of aliphatic hydroxyl groups excluding tert-OH is 1. The third-order valence-electron chi connectivity index (χ3n) is 12.1. The van der Waals surface area contributed by atoms with Crippen LogP contribution in [-0.2, 0) is 39.9 Å². The highest BCUT2D eigenvalue weighted by Crippen LogP contribution is 2.44. The Morgan fingerprint density at radius 2 is 1.63 bits per heavy atom. The van der Waals surface area contributed by atoms with Crippen LogP contribution in [0.25, 0.3) is 11.3 Å². The lowest BCUT2D eigenvalue weighted by molar-refractivity contribution is -0.136. The van der Waals surface area contributed by atoms with Gasteiger partial charge in [-0.3, -0.25) is 34.2 Å². The monoisotopic (exact) mass is 941 g/mol. The summed E-state index contributed by atoms with van der Waals surface area (Å²) in [6.45, 7) is 7.36. The Kier molecular flexibility index (Phi) is 15.9. The normalized spacial score (nSPS) is 20.4. The largest absolute Gasteiger partial charge is 0.490 e. The number of aromatic nitrogens is 2. The van der Waals surface area contributed by atoms with Crippen LogP contribution in [0.15, 0.2) is 30.3 Å². The van der Waals surface area contributed by atoms with E-state index in [2.05, 4.69) is 15.5 Å². The van der Waals surface area contributed by atoms with Crippen molar-refractivity contribution in [2.24, 2.45) is 11.1 Å². The second-order valence-electron chi connectivity index (χ2n) is 16.2. The Hall–Kier alpha value is -4.99. The van der Waals surface area contributed by atoms with Crippen LogP contribution >= 0.6 is 23.2 Å². The van der Waals surface area contributed by atoms with E-state index in [0.717, 1.165) is 30.8 Å². The second kappa shape index (κ2) is 21.5. The first kappa shape index (κ1) is 48.0. The van der Waals surface area contributed by atoms with Gasteiger partial charge in [0.15, 0.2) is 12.4 Å². The number of amides is 5. The van der Waals surface area contributed by atoms with E-state index >= 15 is 0 Å². The molecule has 5 amide bonds. The Bertz CT molecular complexity index is 2280. The lowest BCUT2D eigenvalue weighted by atomic mass is 9.73. The molecule has 1 spiro atoms. The number of nitrogens with two attached hydrogens (primary N) is 1. The van der Waals surface area contributed by atoms with Gasteiger partial charge in [0.05, 0.1) is 86.5 Å². The minimum Gasteiger partial charge on any atom is -0.490 e. The van der Waals surface area contributed by atoms with Crippen molar-refractivity contribution in [3.63, 3.8) is 0 Å². The zero-order valence-electron chi connectivity index (χ0n) is 36.2. The number of nitrogens with zero attached hydrogens (tertiary/aromatic N) is 4. The average molecular weight is 943 g/mol. The molecule has 21 heteroatoms. The fourth-order valence-corrected chi connectivity index (χ4v) is 8.90. The third kappa shape index (κ3) is 10.7. The first-order valence-corrected chi connectivity index (χ1v) is 22.3. The molecule has 4 aliphatic heterocycles. The molecule has 2 aromatic carbocycles. The topological polar surface area (TPSA) is 243 Å². The zero-order chi connectivity index (χ0) is 46.3. The summed E-state index contributed by atoms with van der Waals surface area (Å²) in [4.78, 5) is 75.2. The Balaban J connectivity index is 0.748. The molecule has 5 N–H and O–H groups in total. The standard InChI is InChI=1S/C44H53Cl2N7O12/c1-25-38(50-29(22-54)40(49-25)52-13-10-44(11-14-52)24-65-26(2)39(44)47)28-6-8-32(37(46)36(28)45)63-21-20-62-19-18-61-17-16-60-15-12-48-34(56)23-64-31-5-3-4-27-35(31)43(59)53(42(27)58)30-7-9-33(55)51-41(30)57/h3-6,8,26,30,39,54H,7,9-24,47H2,1-2H3,(H,48,56)(H,51,55,57)/t26-,30?,39+/m0/s1. The van der Waals surface area contributed by atoms with E-state index in [9.17, 15) is 29.1 Å². The van der Waals surface area contributed by atoms with Crippen molar-refractivity contribution >= 4 is 58.6 Å². The first-order chi connectivity index (χ1) is 31.3. The van der Waals surface area contributed by atoms with Crippen LogP contribution in [0.3, 0.4) is 0 Å². The summed E-state index contributed by atoms with van der Waals surface area (Å²) < 4.78 is 34.0. The summed E-state index contributed by atoms with van der Waals surface area (Å²) in [7, 11) is 0. The molecule has 0 aliphatic carbocycles. The summed E-state index contributed by atoms with van der Waals surface area (Å²) in [6.07, 6.45) is 1.80. The summed E-state index contributed by atoms with van der Waals surface area (Å²) in [5.74, 6) is -2.01. The molecule has 3 fully saturated rings. The SMILES string of the molecule is Cc1nc(N2CCC3(CC2)CO[C@@H](C)[C@H]3N)c(CO)nc1-c1ccc(OCCOCCOCCOCCNC(=O)COc2cccc3c2C(=O)N(C2CCC(=O)NC2=O)C3=O)c(Cl)c1Cl. The molecular formula is C44H53Cl2N7O12. The van der Waals surface area contributed by atoms with Crippen molar-refractivity contribution in [3.05, 3.63) is 62.9 Å². The predicted octanol–water partition coefficient (Wildman–Crippen LogP) is 2.61. The number of aryl methyl sites for hydroxylation is 1. The lowest BCUT2D eigenvalue weighted by Crippen LogP contribution is -2.54. The van der Waals surface area contributed by atoms with Crippen molar-refractivity contribution in [3.8, 4) is 22.8 Å². The van der Waals surface area contributed by atoms with Gasteiger partial charge in [-0.15, -0.1) is 0 Å². The van der Waals surface area contributed by atoms with Crippen molar-refractivity contribution in [1.29, 1.82) is 0 Å². The van der Waals surface area contributed by atoms with Gasteiger partial charge in [-0.2, -0.15) is 0 Å². The Labute approximate surface area is 385 Å². The molecule has 1 unspecified atom stereocenters. The summed E-state index contributed by atoms with van der Waals surface area (Å²) in [6, 6.07) is 6.76. The number of nitrogens with one attached hydrogen (secondary N) is 2. The molecule has 7 rings (SSSR count). The molecule has 19 nitrogen and oxygen atoms in total. The molecular weight excluding hydrogens is 889 g/mol. The number of carbonyl (C=O) groups is 5.